The number of fused-ring (bicyclic) bond motifs is 3. The van der Waals surface area contributed by atoms with Crippen LogP contribution < -0.4 is 4.74 Å². The molecule has 2 heterocycles. The van der Waals surface area contributed by atoms with Crippen LogP contribution in [0.1, 0.15) is 29.9 Å². The first-order chi connectivity index (χ1) is 9.31. The lowest BCUT2D eigenvalue weighted by Gasteiger charge is -2.35. The lowest BCUT2D eigenvalue weighted by atomic mass is 10.0. The van der Waals surface area contributed by atoms with Gasteiger partial charge in [0, 0.05) is 5.02 Å². The van der Waals surface area contributed by atoms with E-state index in [9.17, 15) is 9.90 Å². The number of carboxylic acids is 1. The number of carboxylic acid groups (broad SMARTS) is 1. The minimum absolute atomic E-state index is 0.0241. The Labute approximate surface area is 125 Å². The van der Waals surface area contributed by atoms with Gasteiger partial charge in [-0.3, -0.25) is 4.57 Å². The minimum atomic E-state index is -1.09. The van der Waals surface area contributed by atoms with Gasteiger partial charge < -0.3 is 9.84 Å². The average molecular weight is 312 g/mol. The van der Waals surface area contributed by atoms with E-state index in [1.807, 2.05) is 19.9 Å². The fourth-order valence-electron chi connectivity index (χ4n) is 2.45. The van der Waals surface area contributed by atoms with Gasteiger partial charge in [0.2, 0.25) is 0 Å². The van der Waals surface area contributed by atoms with Crippen molar-refractivity contribution in [2.45, 2.75) is 19.4 Å². The summed E-state index contributed by atoms with van der Waals surface area (Å²) in [5.41, 5.74) is 0.724. The summed E-state index contributed by atoms with van der Waals surface area (Å²) in [6.45, 7) is 3.72. The highest BCUT2D eigenvalue weighted by Crippen LogP contribution is 2.44. The molecule has 0 aliphatic carbocycles. The Balaban J connectivity index is 2.40. The predicted octanol–water partition coefficient (Wildman–Crippen LogP) is 4.11. The van der Waals surface area contributed by atoms with Gasteiger partial charge in [0.05, 0.1) is 11.4 Å². The molecule has 2 aromatic rings. The molecule has 1 aromatic carbocycles. The summed E-state index contributed by atoms with van der Waals surface area (Å²) in [5.74, 6) is -0.816. The van der Waals surface area contributed by atoms with Crippen molar-refractivity contribution in [1.29, 1.82) is 0 Å². The highest BCUT2D eigenvalue weighted by Gasteiger charge is 2.36. The van der Waals surface area contributed by atoms with Crippen LogP contribution in [0, 0.1) is 0 Å². The first kappa shape index (κ1) is 13.3. The molecular formula is C14H11Cl2NO3. The maximum absolute atomic E-state index is 11.4. The van der Waals surface area contributed by atoms with Crippen LogP contribution in [0.25, 0.3) is 5.69 Å². The Kier molecular flexibility index (Phi) is 2.78. The molecule has 1 aliphatic rings. The van der Waals surface area contributed by atoms with Crippen molar-refractivity contribution in [3.05, 3.63) is 45.7 Å². The smallest absolute Gasteiger partial charge is 0.339 e. The molecule has 0 spiro atoms. The number of hydrogen-bond donors (Lipinski definition) is 1. The summed E-state index contributed by atoms with van der Waals surface area (Å²) < 4.78 is 7.65. The Morgan fingerprint density at radius 2 is 2.00 bits per heavy atom. The molecule has 0 saturated carbocycles. The van der Waals surface area contributed by atoms with Crippen LogP contribution in [-0.4, -0.2) is 15.6 Å². The van der Waals surface area contributed by atoms with Crippen LogP contribution in [0.5, 0.6) is 5.75 Å². The first-order valence-corrected chi connectivity index (χ1v) is 6.71. The number of hydrogen-bond acceptors (Lipinski definition) is 2. The van der Waals surface area contributed by atoms with E-state index in [1.165, 1.54) is 6.07 Å². The summed E-state index contributed by atoms with van der Waals surface area (Å²) in [6, 6.07) is 6.63. The molecule has 3 rings (SSSR count). The summed E-state index contributed by atoms with van der Waals surface area (Å²) in [4.78, 5) is 11.4. The molecule has 1 N–H and O–H groups in total. The van der Waals surface area contributed by atoms with Crippen LogP contribution in [0.15, 0.2) is 24.3 Å². The standard InChI is InChI=1S/C14H11Cl2NO3/c1-14(2)10-3-4-11(16)17(10)9-6-7(15)5-8(13(18)19)12(9)20-14/h3-6H,1-2H3,(H,18,19). The molecule has 0 atom stereocenters. The summed E-state index contributed by atoms with van der Waals surface area (Å²) in [7, 11) is 0. The topological polar surface area (TPSA) is 51.5 Å². The summed E-state index contributed by atoms with van der Waals surface area (Å²) in [5, 5.41) is 10.1. The zero-order valence-electron chi connectivity index (χ0n) is 10.8. The largest absolute Gasteiger partial charge is 0.478 e. The maximum atomic E-state index is 11.4. The quantitative estimate of drug-likeness (QED) is 0.862. The molecule has 4 nitrogen and oxygen atoms in total. The maximum Gasteiger partial charge on any atom is 0.339 e. The molecule has 0 amide bonds. The second-order valence-electron chi connectivity index (χ2n) is 5.10. The third-order valence-corrected chi connectivity index (χ3v) is 3.83. The second kappa shape index (κ2) is 4.17. The SMILES string of the molecule is CC1(C)Oc2c(C(=O)O)cc(Cl)cc2-n2c(Cl)ccc21. The third kappa shape index (κ3) is 1.79. The van der Waals surface area contributed by atoms with E-state index in [2.05, 4.69) is 0 Å². The number of halogens is 2. The molecule has 0 bridgehead atoms. The lowest BCUT2D eigenvalue weighted by molar-refractivity contribution is 0.0657. The van der Waals surface area contributed by atoms with Crippen LogP contribution in [0.4, 0.5) is 0 Å². The van der Waals surface area contributed by atoms with Gasteiger partial charge >= 0.3 is 5.97 Å². The summed E-state index contributed by atoms with van der Waals surface area (Å²) >= 11 is 12.2. The molecule has 6 heteroatoms. The van der Waals surface area contributed by atoms with Crippen molar-refractivity contribution >= 4 is 29.2 Å². The highest BCUT2D eigenvalue weighted by atomic mass is 35.5. The van der Waals surface area contributed by atoms with Crippen molar-refractivity contribution < 1.29 is 14.6 Å². The highest BCUT2D eigenvalue weighted by molar-refractivity contribution is 6.31. The van der Waals surface area contributed by atoms with Crippen LogP contribution >= 0.6 is 23.2 Å². The van der Waals surface area contributed by atoms with E-state index < -0.39 is 11.6 Å². The van der Waals surface area contributed by atoms with Gasteiger partial charge in [-0.2, -0.15) is 0 Å². The number of nitrogens with zero attached hydrogens (tertiary/aromatic N) is 1. The van der Waals surface area contributed by atoms with Crippen LogP contribution in [0.3, 0.4) is 0 Å². The monoisotopic (exact) mass is 311 g/mol. The molecule has 0 unspecified atom stereocenters. The van der Waals surface area contributed by atoms with Gasteiger partial charge in [0.1, 0.15) is 16.3 Å². The van der Waals surface area contributed by atoms with E-state index in [4.69, 9.17) is 27.9 Å². The van der Waals surface area contributed by atoms with E-state index in [-0.39, 0.29) is 11.3 Å². The van der Waals surface area contributed by atoms with E-state index in [0.29, 0.717) is 15.9 Å². The average Bonchev–Trinajstić information content (AvgIpc) is 2.73. The Morgan fingerprint density at radius 3 is 2.65 bits per heavy atom. The first-order valence-electron chi connectivity index (χ1n) is 5.95. The van der Waals surface area contributed by atoms with Gasteiger partial charge in [-0.05, 0) is 38.1 Å². The van der Waals surface area contributed by atoms with Gasteiger partial charge in [-0.25, -0.2) is 4.79 Å². The van der Waals surface area contributed by atoms with Crippen LogP contribution in [-0.2, 0) is 5.60 Å². The number of rotatable bonds is 1. The van der Waals surface area contributed by atoms with Gasteiger partial charge in [0.25, 0.3) is 0 Å². The number of aromatic carboxylic acids is 1. The van der Waals surface area contributed by atoms with E-state index >= 15 is 0 Å². The number of ether oxygens (including phenoxy) is 1. The molecule has 20 heavy (non-hydrogen) atoms. The second-order valence-corrected chi connectivity index (χ2v) is 5.92. The Bertz CT molecular complexity index is 734. The Hall–Kier alpha value is -1.65. The number of benzene rings is 1. The summed E-state index contributed by atoms with van der Waals surface area (Å²) in [6.07, 6.45) is 0. The fourth-order valence-corrected chi connectivity index (χ4v) is 2.90. The van der Waals surface area contributed by atoms with E-state index in [1.54, 1.807) is 16.7 Å². The van der Waals surface area contributed by atoms with Gasteiger partial charge in [0.15, 0.2) is 5.75 Å². The van der Waals surface area contributed by atoms with Gasteiger partial charge in [-0.1, -0.05) is 23.2 Å². The number of carbonyl (C=O) groups is 1. The minimum Gasteiger partial charge on any atom is -0.478 e. The predicted molar refractivity (Wildman–Crippen MR) is 76.4 cm³/mol. The molecule has 1 aromatic heterocycles. The van der Waals surface area contributed by atoms with E-state index in [0.717, 1.165) is 5.69 Å². The Morgan fingerprint density at radius 1 is 1.30 bits per heavy atom. The molecule has 104 valence electrons. The number of aromatic nitrogens is 1. The van der Waals surface area contributed by atoms with Crippen molar-refractivity contribution in [1.82, 2.24) is 4.57 Å². The van der Waals surface area contributed by atoms with Crippen molar-refractivity contribution in [3.63, 3.8) is 0 Å². The molecular weight excluding hydrogens is 301 g/mol. The molecule has 0 saturated heterocycles. The third-order valence-electron chi connectivity index (χ3n) is 3.31. The molecule has 0 radical (unpaired) electrons. The van der Waals surface area contributed by atoms with Crippen molar-refractivity contribution in [2.75, 3.05) is 0 Å². The zero-order valence-corrected chi connectivity index (χ0v) is 12.3. The zero-order chi connectivity index (χ0) is 14.7. The lowest BCUT2D eigenvalue weighted by Crippen LogP contribution is -2.33. The normalized spacial score (nSPS) is 15.2. The van der Waals surface area contributed by atoms with Crippen molar-refractivity contribution in [2.24, 2.45) is 0 Å². The fraction of sp³-hybridized carbons (Fsp3) is 0.214. The van der Waals surface area contributed by atoms with Crippen molar-refractivity contribution in [3.8, 4) is 11.4 Å². The molecule has 1 aliphatic heterocycles. The van der Waals surface area contributed by atoms with Crippen LogP contribution in [0.2, 0.25) is 10.2 Å². The molecule has 0 fully saturated rings. The van der Waals surface area contributed by atoms with Gasteiger partial charge in [-0.15, -0.1) is 0 Å².